The van der Waals surface area contributed by atoms with Crippen molar-refractivity contribution in [2.24, 2.45) is 16.8 Å². The number of amides is 5. The minimum Gasteiger partial charge on any atom is -0.379 e. The summed E-state index contributed by atoms with van der Waals surface area (Å²) in [5, 5.41) is 11.3. The highest BCUT2D eigenvalue weighted by Crippen LogP contribution is 2.32. The largest absolute Gasteiger partial charge is 0.379 e. The number of thioether (sulfide) groups is 1. The molecule has 17 heteroatoms. The lowest BCUT2D eigenvalue weighted by atomic mass is 10.0. The molecule has 0 saturated carbocycles. The quantitative estimate of drug-likeness (QED) is 0.0476. The van der Waals surface area contributed by atoms with Gasteiger partial charge < -0.3 is 35.5 Å². The summed E-state index contributed by atoms with van der Waals surface area (Å²) in [7, 11) is 0. The zero-order chi connectivity index (χ0) is 32.4. The first kappa shape index (κ1) is 35.7. The Morgan fingerprint density at radius 2 is 1.87 bits per heavy atom. The Kier molecular flexibility index (Phi) is 15.6. The number of hydrogen-bond acceptors (Lipinski definition) is 11. The summed E-state index contributed by atoms with van der Waals surface area (Å²) in [5.41, 5.74) is 15.2. The number of rotatable bonds is 21. The van der Waals surface area contributed by atoms with Crippen LogP contribution in [-0.2, 0) is 39.9 Å². The van der Waals surface area contributed by atoms with E-state index in [0.29, 0.717) is 67.9 Å². The highest BCUT2D eigenvalue weighted by Gasteiger charge is 2.40. The molecule has 2 aliphatic rings. The molecule has 1 aromatic carbocycles. The number of benzene rings is 1. The van der Waals surface area contributed by atoms with Crippen LogP contribution < -0.4 is 21.7 Å². The van der Waals surface area contributed by atoms with Crippen LogP contribution in [0, 0.1) is 5.92 Å². The van der Waals surface area contributed by atoms with Gasteiger partial charge in [0.25, 0.3) is 5.91 Å². The van der Waals surface area contributed by atoms with E-state index in [1.807, 2.05) is 0 Å². The van der Waals surface area contributed by atoms with Crippen molar-refractivity contribution in [1.82, 2.24) is 15.5 Å². The number of piperidine rings is 1. The van der Waals surface area contributed by atoms with E-state index in [-0.39, 0.29) is 69.1 Å². The molecule has 0 aliphatic carbocycles. The normalized spacial score (nSPS) is 16.5. The van der Waals surface area contributed by atoms with Crippen LogP contribution in [0.5, 0.6) is 0 Å². The first-order chi connectivity index (χ1) is 21.8. The first-order valence-corrected chi connectivity index (χ1v) is 15.9. The Bertz CT molecular complexity index is 1240. The molecule has 0 aromatic heterocycles. The van der Waals surface area contributed by atoms with Crippen molar-refractivity contribution in [3.63, 3.8) is 0 Å². The zero-order valence-corrected chi connectivity index (χ0v) is 25.9. The van der Waals surface area contributed by atoms with Gasteiger partial charge in [-0.25, -0.2) is 0 Å². The third-order valence-electron chi connectivity index (χ3n) is 6.93. The molecule has 3 rings (SSSR count). The molecule has 2 heterocycles. The number of nitrogens with zero attached hydrogens (tertiary/aromatic N) is 4. The van der Waals surface area contributed by atoms with E-state index in [2.05, 4.69) is 26.0 Å². The van der Waals surface area contributed by atoms with Gasteiger partial charge in [0.15, 0.2) is 0 Å². The first-order valence-electron chi connectivity index (χ1n) is 14.7. The highest BCUT2D eigenvalue weighted by atomic mass is 32.2. The van der Waals surface area contributed by atoms with Crippen LogP contribution in [-0.4, -0.2) is 111 Å². The van der Waals surface area contributed by atoms with E-state index >= 15 is 0 Å². The topological polar surface area (TPSA) is 227 Å². The van der Waals surface area contributed by atoms with Crippen LogP contribution in [0.15, 0.2) is 23.3 Å². The number of fused-ring (bicyclic) bond motifs is 1. The summed E-state index contributed by atoms with van der Waals surface area (Å²) < 4.78 is 16.1. The maximum Gasteiger partial charge on any atom is 0.255 e. The Morgan fingerprint density at radius 1 is 1.13 bits per heavy atom. The van der Waals surface area contributed by atoms with Crippen molar-refractivity contribution in [2.75, 3.05) is 76.1 Å². The van der Waals surface area contributed by atoms with Crippen LogP contribution in [0.3, 0.4) is 0 Å². The summed E-state index contributed by atoms with van der Waals surface area (Å²) in [6, 6.07) is 4.20. The summed E-state index contributed by atoms with van der Waals surface area (Å²) in [6.45, 7) is 3.11. The molecule has 0 bridgehead atoms. The molecule has 2 aliphatic heterocycles. The molecule has 45 heavy (non-hydrogen) atoms. The van der Waals surface area contributed by atoms with E-state index in [1.165, 1.54) is 16.7 Å². The number of anilines is 1. The fourth-order valence-electron chi connectivity index (χ4n) is 4.75. The van der Waals surface area contributed by atoms with Crippen molar-refractivity contribution < 1.29 is 38.2 Å². The van der Waals surface area contributed by atoms with Crippen LogP contribution in [0.25, 0.3) is 10.4 Å². The number of ether oxygens (including phenoxy) is 3. The van der Waals surface area contributed by atoms with Gasteiger partial charge in [0, 0.05) is 72.3 Å². The molecule has 1 aromatic rings. The lowest BCUT2D eigenvalue weighted by Crippen LogP contribution is -2.52. The minimum atomic E-state index is -0.766. The van der Waals surface area contributed by atoms with Crippen molar-refractivity contribution in [3.8, 4) is 0 Å². The summed E-state index contributed by atoms with van der Waals surface area (Å²) in [5.74, 6) is -1.49. The molecule has 5 amide bonds. The van der Waals surface area contributed by atoms with Crippen LogP contribution in [0.4, 0.5) is 5.69 Å². The number of carbonyl (C=O) groups excluding carboxylic acids is 5. The number of nitrogens with two attached hydrogens (primary N) is 1. The second kappa shape index (κ2) is 19.6. The summed E-state index contributed by atoms with van der Waals surface area (Å²) >= 11 is 1.48. The van der Waals surface area contributed by atoms with Crippen molar-refractivity contribution in [2.45, 2.75) is 31.8 Å². The predicted octanol–water partition coefficient (Wildman–Crippen LogP) is 0.561. The zero-order valence-electron chi connectivity index (χ0n) is 25.0. The summed E-state index contributed by atoms with van der Waals surface area (Å²) in [6.07, 6.45) is 0.294. The third-order valence-corrected chi connectivity index (χ3v) is 8.09. The SMILES string of the molecule is [N-]=[N+]=NCCOCCOCCOCCNC(=O)C(CSCCN)CC(=O)Nc1cccc2c1CN(C1CCC(=O)NC1=O)C2=O. The lowest BCUT2D eigenvalue weighted by molar-refractivity contribution is -0.137. The van der Waals surface area contributed by atoms with Crippen molar-refractivity contribution >= 4 is 47.0 Å². The lowest BCUT2D eigenvalue weighted by Gasteiger charge is -2.29. The van der Waals surface area contributed by atoms with Gasteiger partial charge in [-0.2, -0.15) is 11.8 Å². The molecule has 0 spiro atoms. The molecule has 16 nitrogen and oxygen atoms in total. The van der Waals surface area contributed by atoms with Gasteiger partial charge in [-0.05, 0) is 24.1 Å². The highest BCUT2D eigenvalue weighted by molar-refractivity contribution is 7.99. The third kappa shape index (κ3) is 11.6. The maximum absolute atomic E-state index is 13.1. The van der Waals surface area contributed by atoms with Gasteiger partial charge in [-0.15, -0.1) is 0 Å². The number of hydrogen-bond donors (Lipinski definition) is 4. The number of carbonyl (C=O) groups is 5. The molecule has 246 valence electrons. The Labute approximate surface area is 265 Å². The van der Waals surface area contributed by atoms with Gasteiger partial charge in [-0.1, -0.05) is 11.2 Å². The van der Waals surface area contributed by atoms with Gasteiger partial charge in [0.1, 0.15) is 6.04 Å². The molecule has 2 atom stereocenters. The number of imide groups is 1. The van der Waals surface area contributed by atoms with E-state index in [1.54, 1.807) is 18.2 Å². The van der Waals surface area contributed by atoms with Crippen molar-refractivity contribution in [1.29, 1.82) is 0 Å². The molecule has 2 unspecified atom stereocenters. The van der Waals surface area contributed by atoms with E-state index < -0.39 is 17.9 Å². The van der Waals surface area contributed by atoms with Crippen LogP contribution in [0.1, 0.15) is 35.2 Å². The van der Waals surface area contributed by atoms with Gasteiger partial charge in [-0.3, -0.25) is 29.3 Å². The molecular formula is C28H40N8O8S. The number of azide groups is 1. The standard InChI is InChI=1S/C28H40N8O8S/c29-6-15-45-18-19(26(39)31-7-9-42-11-13-44-14-12-43-10-8-32-35-30)16-25(38)33-22-3-1-2-20-21(22)17-36(28(20)41)23-4-5-24(37)34-27(23)40/h1-3,19,23H,4-18,29H2,(H,31,39)(H,33,38)(H,34,37,40). The minimum absolute atomic E-state index is 0.0858. The van der Waals surface area contributed by atoms with Crippen LogP contribution >= 0.6 is 11.8 Å². The second-order valence-electron chi connectivity index (χ2n) is 10.1. The average Bonchev–Trinajstić information content (AvgIpc) is 3.35. The van der Waals surface area contributed by atoms with Crippen molar-refractivity contribution in [3.05, 3.63) is 39.8 Å². The average molecular weight is 649 g/mol. The molecule has 1 fully saturated rings. The monoisotopic (exact) mass is 648 g/mol. The maximum atomic E-state index is 13.1. The summed E-state index contributed by atoms with van der Waals surface area (Å²) in [4.78, 5) is 67.1. The second-order valence-corrected chi connectivity index (χ2v) is 11.3. The van der Waals surface area contributed by atoms with E-state index in [0.717, 1.165) is 0 Å². The van der Waals surface area contributed by atoms with Gasteiger partial charge >= 0.3 is 0 Å². The Balaban J connectivity index is 1.44. The molecular weight excluding hydrogens is 608 g/mol. The van der Waals surface area contributed by atoms with Gasteiger partial charge in [0.2, 0.25) is 23.6 Å². The van der Waals surface area contributed by atoms with Crippen LogP contribution in [0.2, 0.25) is 0 Å². The predicted molar refractivity (Wildman–Crippen MR) is 165 cm³/mol. The fraction of sp³-hybridized carbons (Fsp3) is 0.607. The molecule has 1 saturated heterocycles. The van der Waals surface area contributed by atoms with E-state index in [4.69, 9.17) is 25.5 Å². The molecule has 0 radical (unpaired) electrons. The van der Waals surface area contributed by atoms with E-state index in [9.17, 15) is 24.0 Å². The number of nitrogens with one attached hydrogen (secondary N) is 3. The Morgan fingerprint density at radius 3 is 2.58 bits per heavy atom. The molecule has 5 N–H and O–H groups in total. The van der Waals surface area contributed by atoms with Gasteiger partial charge in [0.05, 0.1) is 45.6 Å². The smallest absolute Gasteiger partial charge is 0.255 e. The Hall–Kier alpha value is -3.73. The fourth-order valence-corrected chi connectivity index (χ4v) is 5.63.